The molecular weight excluding hydrogens is 180 g/mol. The van der Waals surface area contributed by atoms with Gasteiger partial charge in [0.1, 0.15) is 0 Å². The Kier molecular flexibility index (Phi) is 3.12. The van der Waals surface area contributed by atoms with Crippen molar-refractivity contribution >= 4 is 17.6 Å². The summed E-state index contributed by atoms with van der Waals surface area (Å²) in [5.74, 6) is -0.450. The quantitative estimate of drug-likeness (QED) is 0.493. The van der Waals surface area contributed by atoms with Crippen molar-refractivity contribution in [2.75, 3.05) is 7.11 Å². The predicted octanol–water partition coefficient (Wildman–Crippen LogP) is 0.848. The number of methoxy groups -OCH3 is 1. The van der Waals surface area contributed by atoms with Crippen LogP contribution in [0.2, 0.25) is 0 Å². The van der Waals surface area contributed by atoms with Gasteiger partial charge >= 0.3 is 5.97 Å². The number of carbonyl (C=O) groups is 1. The normalized spacial score (nSPS) is 29.4. The zero-order valence-corrected chi connectivity index (χ0v) is 7.54. The Balaban J connectivity index is 2.75. The second-order valence-corrected chi connectivity index (χ2v) is 3.17. The number of rotatable bonds is 1. The summed E-state index contributed by atoms with van der Waals surface area (Å²) in [5.41, 5.74) is 0.373. The van der Waals surface area contributed by atoms with Gasteiger partial charge in [-0.1, -0.05) is 6.08 Å². The van der Waals surface area contributed by atoms with E-state index in [9.17, 15) is 9.90 Å². The molecule has 0 spiro atoms. The summed E-state index contributed by atoms with van der Waals surface area (Å²) in [6, 6.07) is 0. The molecule has 1 N–H and O–H groups in total. The summed E-state index contributed by atoms with van der Waals surface area (Å²) in [5, 5.41) is 8.69. The number of carbonyl (C=O) groups excluding carboxylic acids is 1. The fourth-order valence-electron chi connectivity index (χ4n) is 1.19. The molecule has 0 radical (unpaired) electrons. The topological polar surface area (TPSA) is 46.5 Å². The van der Waals surface area contributed by atoms with Crippen molar-refractivity contribution in [1.29, 1.82) is 0 Å². The van der Waals surface area contributed by atoms with E-state index in [-0.39, 0.29) is 0 Å². The lowest BCUT2D eigenvalue weighted by atomic mass is 9.96. The molecule has 0 saturated heterocycles. The highest BCUT2D eigenvalue weighted by atomic mass is 35.5. The van der Waals surface area contributed by atoms with E-state index in [0.29, 0.717) is 18.4 Å². The highest BCUT2D eigenvalue weighted by molar-refractivity contribution is 6.25. The molecule has 0 aromatic rings. The lowest BCUT2D eigenvalue weighted by molar-refractivity contribution is -0.136. The molecule has 0 amide bonds. The number of ether oxygens (including phenoxy) is 1. The van der Waals surface area contributed by atoms with Crippen LogP contribution in [0.25, 0.3) is 0 Å². The van der Waals surface area contributed by atoms with Gasteiger partial charge in [-0.25, -0.2) is 4.79 Å². The van der Waals surface area contributed by atoms with E-state index in [0.717, 1.165) is 0 Å². The van der Waals surface area contributed by atoms with Crippen LogP contribution in [-0.4, -0.2) is 29.7 Å². The van der Waals surface area contributed by atoms with E-state index < -0.39 is 17.5 Å². The van der Waals surface area contributed by atoms with Gasteiger partial charge in [-0.15, -0.1) is 11.6 Å². The van der Waals surface area contributed by atoms with Crippen LogP contribution in [0.5, 0.6) is 0 Å². The fourth-order valence-corrected chi connectivity index (χ4v) is 1.49. The molecule has 1 aliphatic carbocycles. The Morgan fingerprint density at radius 2 is 2.50 bits per heavy atom. The van der Waals surface area contributed by atoms with Gasteiger partial charge in [0.2, 0.25) is 0 Å². The van der Waals surface area contributed by atoms with E-state index in [1.807, 2.05) is 0 Å². The molecule has 1 aliphatic rings. The standard InChI is InChI=1S/C8H11ClO3/c1-12-8(11)5-3-2-4-6(10)7(5)9/h3,6-7,10H,2,4H2,1H3/t6-,7-/m0/s1. The number of alkyl halides is 1. The van der Waals surface area contributed by atoms with E-state index in [1.54, 1.807) is 6.08 Å². The number of hydrogen-bond acceptors (Lipinski definition) is 3. The summed E-state index contributed by atoms with van der Waals surface area (Å²) < 4.78 is 4.51. The van der Waals surface area contributed by atoms with E-state index in [1.165, 1.54) is 7.11 Å². The van der Waals surface area contributed by atoms with Gasteiger partial charge in [-0.2, -0.15) is 0 Å². The number of allylic oxidation sites excluding steroid dienone is 1. The van der Waals surface area contributed by atoms with Crippen molar-refractivity contribution in [3.63, 3.8) is 0 Å². The zero-order valence-electron chi connectivity index (χ0n) is 6.79. The highest BCUT2D eigenvalue weighted by Gasteiger charge is 2.28. The lowest BCUT2D eigenvalue weighted by Gasteiger charge is -2.22. The maximum absolute atomic E-state index is 11.0. The van der Waals surface area contributed by atoms with Crippen LogP contribution in [0, 0.1) is 0 Å². The van der Waals surface area contributed by atoms with Crippen LogP contribution in [0.1, 0.15) is 12.8 Å². The molecule has 12 heavy (non-hydrogen) atoms. The third-order valence-corrected chi connectivity index (χ3v) is 2.41. The largest absolute Gasteiger partial charge is 0.466 e. The van der Waals surface area contributed by atoms with Crippen LogP contribution < -0.4 is 0 Å². The second-order valence-electron chi connectivity index (χ2n) is 2.70. The van der Waals surface area contributed by atoms with Crippen molar-refractivity contribution in [3.05, 3.63) is 11.6 Å². The van der Waals surface area contributed by atoms with Crippen LogP contribution in [-0.2, 0) is 9.53 Å². The van der Waals surface area contributed by atoms with Crippen LogP contribution in [0.4, 0.5) is 0 Å². The number of aliphatic hydroxyl groups excluding tert-OH is 1. The average molecular weight is 191 g/mol. The third kappa shape index (κ3) is 1.79. The summed E-state index contributed by atoms with van der Waals surface area (Å²) in [7, 11) is 1.30. The molecule has 0 saturated carbocycles. The van der Waals surface area contributed by atoms with Crippen molar-refractivity contribution in [3.8, 4) is 0 Å². The summed E-state index contributed by atoms with van der Waals surface area (Å²) in [4.78, 5) is 11.0. The summed E-state index contributed by atoms with van der Waals surface area (Å²) >= 11 is 5.79. The second kappa shape index (κ2) is 3.92. The molecule has 0 fully saturated rings. The van der Waals surface area contributed by atoms with Crippen molar-refractivity contribution in [1.82, 2.24) is 0 Å². The van der Waals surface area contributed by atoms with Crippen molar-refractivity contribution < 1.29 is 14.6 Å². The molecule has 4 heteroatoms. The predicted molar refractivity (Wildman–Crippen MR) is 45.0 cm³/mol. The molecule has 0 bridgehead atoms. The van der Waals surface area contributed by atoms with Gasteiger partial charge in [0.15, 0.2) is 0 Å². The summed E-state index contributed by atoms with van der Waals surface area (Å²) in [6.07, 6.45) is 2.37. The van der Waals surface area contributed by atoms with Gasteiger partial charge in [0, 0.05) is 0 Å². The van der Waals surface area contributed by atoms with Gasteiger partial charge in [0.25, 0.3) is 0 Å². The van der Waals surface area contributed by atoms with Crippen molar-refractivity contribution in [2.24, 2.45) is 0 Å². The van der Waals surface area contributed by atoms with Crippen LogP contribution in [0.3, 0.4) is 0 Å². The molecular formula is C8H11ClO3. The van der Waals surface area contributed by atoms with E-state index in [4.69, 9.17) is 11.6 Å². The van der Waals surface area contributed by atoms with E-state index in [2.05, 4.69) is 4.74 Å². The highest BCUT2D eigenvalue weighted by Crippen LogP contribution is 2.24. The minimum atomic E-state index is -0.634. The summed E-state index contributed by atoms with van der Waals surface area (Å²) in [6.45, 7) is 0. The molecule has 0 aromatic carbocycles. The third-order valence-electron chi connectivity index (χ3n) is 1.88. The Morgan fingerprint density at radius 3 is 3.08 bits per heavy atom. The monoisotopic (exact) mass is 190 g/mol. The molecule has 0 aliphatic heterocycles. The van der Waals surface area contributed by atoms with Crippen LogP contribution in [0.15, 0.2) is 11.6 Å². The Hall–Kier alpha value is -0.540. The number of halogens is 1. The first-order valence-electron chi connectivity index (χ1n) is 3.77. The van der Waals surface area contributed by atoms with Gasteiger partial charge < -0.3 is 9.84 Å². The van der Waals surface area contributed by atoms with E-state index >= 15 is 0 Å². The smallest absolute Gasteiger partial charge is 0.335 e. The maximum atomic E-state index is 11.0. The molecule has 2 atom stereocenters. The molecule has 1 rings (SSSR count). The van der Waals surface area contributed by atoms with Gasteiger partial charge in [-0.3, -0.25) is 0 Å². The Bertz CT molecular complexity index is 212. The maximum Gasteiger partial charge on any atom is 0.335 e. The average Bonchev–Trinajstić information content (AvgIpc) is 2.08. The van der Waals surface area contributed by atoms with Gasteiger partial charge in [-0.05, 0) is 12.8 Å². The molecule has 0 unspecified atom stereocenters. The van der Waals surface area contributed by atoms with Crippen LogP contribution >= 0.6 is 11.6 Å². The van der Waals surface area contributed by atoms with Crippen molar-refractivity contribution in [2.45, 2.75) is 24.3 Å². The number of aliphatic hydroxyl groups is 1. The Morgan fingerprint density at radius 1 is 1.83 bits per heavy atom. The minimum Gasteiger partial charge on any atom is -0.466 e. The first-order valence-corrected chi connectivity index (χ1v) is 4.21. The van der Waals surface area contributed by atoms with Gasteiger partial charge in [0.05, 0.1) is 24.2 Å². The lowest BCUT2D eigenvalue weighted by Crippen LogP contribution is -2.30. The molecule has 3 nitrogen and oxygen atoms in total. The molecule has 0 heterocycles. The Labute approximate surface area is 76.0 Å². The minimum absolute atomic E-state index is 0.373. The molecule has 68 valence electrons. The first-order chi connectivity index (χ1) is 5.66. The first kappa shape index (κ1) is 9.55. The fraction of sp³-hybridized carbons (Fsp3) is 0.625. The number of esters is 1. The SMILES string of the molecule is COC(=O)C1=CCC[C@H](O)[C@H]1Cl. The number of hydrogen-bond donors (Lipinski definition) is 1. The molecule has 0 aromatic heterocycles. The zero-order chi connectivity index (χ0) is 9.14.